The SMILES string of the molecule is C=C(CC(=O)OC)C(=O)OCCOc1ccc(/C=C/C(=O)O)cc1. The van der Waals surface area contributed by atoms with Crippen molar-refractivity contribution < 1.29 is 33.7 Å². The van der Waals surface area contributed by atoms with Crippen LogP contribution in [0.4, 0.5) is 0 Å². The minimum atomic E-state index is -1.02. The summed E-state index contributed by atoms with van der Waals surface area (Å²) in [7, 11) is 1.22. The highest BCUT2D eigenvalue weighted by atomic mass is 16.6. The maximum Gasteiger partial charge on any atom is 0.334 e. The average Bonchev–Trinajstić information content (AvgIpc) is 2.57. The molecule has 1 rings (SSSR count). The minimum Gasteiger partial charge on any atom is -0.490 e. The summed E-state index contributed by atoms with van der Waals surface area (Å²) < 4.78 is 14.7. The first kappa shape index (κ1) is 19.0. The highest BCUT2D eigenvalue weighted by molar-refractivity contribution is 5.93. The number of methoxy groups -OCH3 is 1. The van der Waals surface area contributed by atoms with Gasteiger partial charge in [0.05, 0.1) is 13.5 Å². The first-order valence-electron chi connectivity index (χ1n) is 6.98. The van der Waals surface area contributed by atoms with Crippen LogP contribution >= 0.6 is 0 Å². The number of benzene rings is 1. The number of carbonyl (C=O) groups excluding carboxylic acids is 2. The van der Waals surface area contributed by atoms with E-state index in [9.17, 15) is 14.4 Å². The second-order valence-electron chi connectivity index (χ2n) is 4.58. The largest absolute Gasteiger partial charge is 0.490 e. The number of carboxylic acid groups (broad SMARTS) is 1. The summed E-state index contributed by atoms with van der Waals surface area (Å²) in [5.41, 5.74) is 0.728. The molecule has 0 fully saturated rings. The lowest BCUT2D eigenvalue weighted by Gasteiger charge is -2.08. The van der Waals surface area contributed by atoms with Gasteiger partial charge in [-0.3, -0.25) is 4.79 Å². The van der Waals surface area contributed by atoms with E-state index >= 15 is 0 Å². The third-order valence-electron chi connectivity index (χ3n) is 2.76. The molecule has 0 bridgehead atoms. The molecule has 1 aromatic rings. The van der Waals surface area contributed by atoms with Gasteiger partial charge in [0.15, 0.2) is 0 Å². The molecule has 0 aliphatic rings. The molecule has 1 N–H and O–H groups in total. The number of hydrogen-bond donors (Lipinski definition) is 1. The molecular weight excluding hydrogens is 316 g/mol. The van der Waals surface area contributed by atoms with E-state index in [-0.39, 0.29) is 25.2 Å². The molecule has 128 valence electrons. The Morgan fingerprint density at radius 2 is 1.83 bits per heavy atom. The van der Waals surface area contributed by atoms with Crippen molar-refractivity contribution in [2.75, 3.05) is 20.3 Å². The number of aliphatic carboxylic acids is 1. The number of hydrogen-bond acceptors (Lipinski definition) is 6. The lowest BCUT2D eigenvalue weighted by Crippen LogP contribution is -2.15. The Labute approximate surface area is 139 Å². The summed E-state index contributed by atoms with van der Waals surface area (Å²) in [6, 6.07) is 6.72. The lowest BCUT2D eigenvalue weighted by molar-refractivity contribution is -0.144. The second kappa shape index (κ2) is 9.83. The Balaban J connectivity index is 2.32. The van der Waals surface area contributed by atoms with Gasteiger partial charge in [-0.25, -0.2) is 9.59 Å². The molecule has 0 atom stereocenters. The lowest BCUT2D eigenvalue weighted by atomic mass is 10.2. The van der Waals surface area contributed by atoms with Crippen LogP contribution in [0.15, 0.2) is 42.5 Å². The van der Waals surface area contributed by atoms with Gasteiger partial charge in [-0.2, -0.15) is 0 Å². The number of ether oxygens (including phenoxy) is 3. The van der Waals surface area contributed by atoms with Crippen molar-refractivity contribution in [3.8, 4) is 5.75 Å². The number of carbonyl (C=O) groups is 3. The van der Waals surface area contributed by atoms with Crippen molar-refractivity contribution in [2.45, 2.75) is 6.42 Å². The van der Waals surface area contributed by atoms with E-state index in [0.717, 1.165) is 11.6 Å². The van der Waals surface area contributed by atoms with Crippen LogP contribution in [0.3, 0.4) is 0 Å². The molecule has 0 aliphatic carbocycles. The van der Waals surface area contributed by atoms with E-state index in [1.807, 2.05) is 0 Å². The summed E-state index contributed by atoms with van der Waals surface area (Å²) in [5.74, 6) is -1.72. The van der Waals surface area contributed by atoms with Crippen LogP contribution in [0.2, 0.25) is 0 Å². The first-order valence-corrected chi connectivity index (χ1v) is 6.98. The number of carboxylic acids is 1. The molecule has 0 saturated heterocycles. The van der Waals surface area contributed by atoms with Gasteiger partial charge >= 0.3 is 17.9 Å². The van der Waals surface area contributed by atoms with Crippen molar-refractivity contribution in [3.05, 3.63) is 48.1 Å². The first-order chi connectivity index (χ1) is 11.4. The second-order valence-corrected chi connectivity index (χ2v) is 4.58. The maximum atomic E-state index is 11.5. The third-order valence-corrected chi connectivity index (χ3v) is 2.76. The Bertz CT molecular complexity index is 629. The molecule has 0 saturated carbocycles. The van der Waals surface area contributed by atoms with Crippen LogP contribution in [0.25, 0.3) is 6.08 Å². The monoisotopic (exact) mass is 334 g/mol. The van der Waals surface area contributed by atoms with Gasteiger partial charge in [-0.15, -0.1) is 0 Å². The summed E-state index contributed by atoms with van der Waals surface area (Å²) in [5, 5.41) is 8.53. The quantitative estimate of drug-likeness (QED) is 0.418. The molecule has 0 amide bonds. The Morgan fingerprint density at radius 1 is 1.17 bits per heavy atom. The van der Waals surface area contributed by atoms with E-state index in [0.29, 0.717) is 5.75 Å². The zero-order valence-electron chi connectivity index (χ0n) is 13.2. The van der Waals surface area contributed by atoms with Crippen molar-refractivity contribution in [1.82, 2.24) is 0 Å². The van der Waals surface area contributed by atoms with Gasteiger partial charge in [0.1, 0.15) is 19.0 Å². The molecule has 1 aromatic carbocycles. The van der Waals surface area contributed by atoms with Crippen molar-refractivity contribution in [1.29, 1.82) is 0 Å². The zero-order valence-corrected chi connectivity index (χ0v) is 13.2. The van der Waals surface area contributed by atoms with E-state index in [1.54, 1.807) is 24.3 Å². The summed E-state index contributed by atoms with van der Waals surface area (Å²) in [4.78, 5) is 32.9. The van der Waals surface area contributed by atoms with Gasteiger partial charge in [0.25, 0.3) is 0 Å². The average molecular weight is 334 g/mol. The van der Waals surface area contributed by atoms with Crippen LogP contribution in [0.5, 0.6) is 5.75 Å². The molecule has 7 heteroatoms. The molecular formula is C17H18O7. The molecule has 0 radical (unpaired) electrons. The summed E-state index contributed by atoms with van der Waals surface area (Å²) >= 11 is 0. The smallest absolute Gasteiger partial charge is 0.334 e. The summed E-state index contributed by atoms with van der Waals surface area (Å²) in [6.07, 6.45) is 2.28. The molecule has 24 heavy (non-hydrogen) atoms. The van der Waals surface area contributed by atoms with Crippen molar-refractivity contribution in [2.24, 2.45) is 0 Å². The van der Waals surface area contributed by atoms with Crippen molar-refractivity contribution in [3.63, 3.8) is 0 Å². The number of rotatable bonds is 9. The van der Waals surface area contributed by atoms with Crippen molar-refractivity contribution >= 4 is 24.0 Å². The Kier molecular flexibility index (Phi) is 7.77. The van der Waals surface area contributed by atoms with Crippen LogP contribution in [0.1, 0.15) is 12.0 Å². The van der Waals surface area contributed by atoms with E-state index in [4.69, 9.17) is 14.6 Å². The topological polar surface area (TPSA) is 99.1 Å². The Hall–Kier alpha value is -3.09. The maximum absolute atomic E-state index is 11.5. The molecule has 0 unspecified atom stereocenters. The fourth-order valence-corrected chi connectivity index (χ4v) is 1.56. The highest BCUT2D eigenvalue weighted by Gasteiger charge is 2.13. The minimum absolute atomic E-state index is 0.000303. The van der Waals surface area contributed by atoms with Gasteiger partial charge in [0, 0.05) is 11.6 Å². The zero-order chi connectivity index (χ0) is 17.9. The third kappa shape index (κ3) is 7.26. The molecule has 0 aliphatic heterocycles. The Morgan fingerprint density at radius 3 is 2.42 bits per heavy atom. The van der Waals surface area contributed by atoms with Crippen LogP contribution in [0, 0.1) is 0 Å². The fraction of sp³-hybridized carbons (Fsp3) is 0.235. The van der Waals surface area contributed by atoms with Gasteiger partial charge in [-0.05, 0) is 23.8 Å². The van der Waals surface area contributed by atoms with E-state index < -0.39 is 17.9 Å². The highest BCUT2D eigenvalue weighted by Crippen LogP contribution is 2.13. The van der Waals surface area contributed by atoms with Gasteiger partial charge in [0.2, 0.25) is 0 Å². The van der Waals surface area contributed by atoms with Crippen LogP contribution in [-0.4, -0.2) is 43.3 Å². The summed E-state index contributed by atoms with van der Waals surface area (Å²) in [6.45, 7) is 3.58. The molecule has 0 aromatic heterocycles. The number of esters is 2. The fourth-order valence-electron chi connectivity index (χ4n) is 1.56. The van der Waals surface area contributed by atoms with E-state index in [2.05, 4.69) is 11.3 Å². The van der Waals surface area contributed by atoms with Gasteiger partial charge in [-0.1, -0.05) is 18.7 Å². The molecule has 7 nitrogen and oxygen atoms in total. The van der Waals surface area contributed by atoms with Gasteiger partial charge < -0.3 is 19.3 Å². The van der Waals surface area contributed by atoms with E-state index in [1.165, 1.54) is 13.2 Å². The molecule has 0 heterocycles. The van der Waals surface area contributed by atoms with Crippen LogP contribution < -0.4 is 4.74 Å². The predicted molar refractivity (Wildman–Crippen MR) is 85.3 cm³/mol. The van der Waals surface area contributed by atoms with Crippen LogP contribution in [-0.2, 0) is 23.9 Å². The molecule has 0 spiro atoms. The predicted octanol–water partition coefficient (Wildman–Crippen LogP) is 1.83. The normalized spacial score (nSPS) is 10.2. The standard InChI is InChI=1S/C17H18O7/c1-12(11-16(20)22-2)17(21)24-10-9-23-14-6-3-13(4-7-14)5-8-15(18)19/h3-8H,1,9-11H2,2H3,(H,18,19)/b8-5+.